The summed E-state index contributed by atoms with van der Waals surface area (Å²) in [5.41, 5.74) is 23.4. The number of rotatable bonds is 10. The van der Waals surface area contributed by atoms with Gasteiger partial charge in [0.2, 0.25) is 0 Å². The summed E-state index contributed by atoms with van der Waals surface area (Å²) in [5.74, 6) is -0.0627. The normalized spacial score (nSPS) is 39.8. The van der Waals surface area contributed by atoms with Crippen molar-refractivity contribution in [3.8, 4) is 0 Å². The summed E-state index contributed by atoms with van der Waals surface area (Å²) in [5, 5.41) is 53.1. The van der Waals surface area contributed by atoms with E-state index in [2.05, 4.69) is 4.98 Å². The smallest absolute Gasteiger partial charge is 0.394 e. The van der Waals surface area contributed by atoms with E-state index in [0.717, 1.165) is 23.9 Å². The SMILES string of the molecule is NC[C@H]1O[C@@H](O[C@H]2[C@@H](O)[C@H](O[C@@H]3[C@@H](O)[C@H](N)C[C@H](N)[C@H]3OCSc3ccnc4cc(C(F)(F)F)ccc34)O[C@@H]2CO)[C@@H](N)[C@H](O)[C@H]1O. The summed E-state index contributed by atoms with van der Waals surface area (Å²) < 4.78 is 68.7. The molecule has 19 heteroatoms. The van der Waals surface area contributed by atoms with Crippen molar-refractivity contribution in [2.75, 3.05) is 19.1 Å². The molecule has 47 heavy (non-hydrogen) atoms. The fraction of sp³-hybridized carbons (Fsp3) is 0.679. The summed E-state index contributed by atoms with van der Waals surface area (Å²) in [6.07, 6.45) is -17.3. The number of hydrogen-bond acceptors (Lipinski definition) is 16. The van der Waals surface area contributed by atoms with E-state index >= 15 is 0 Å². The lowest BCUT2D eigenvalue weighted by atomic mass is 9.84. The largest absolute Gasteiger partial charge is 0.416 e. The Bertz CT molecular complexity index is 1350. The predicted octanol–water partition coefficient (Wildman–Crippen LogP) is -2.31. The van der Waals surface area contributed by atoms with Crippen LogP contribution in [0.25, 0.3) is 10.9 Å². The molecule has 3 aliphatic rings. The molecule has 1 aromatic carbocycles. The zero-order valence-corrected chi connectivity index (χ0v) is 25.7. The van der Waals surface area contributed by atoms with Gasteiger partial charge >= 0.3 is 6.18 Å². The first-order valence-corrected chi connectivity index (χ1v) is 15.9. The molecule has 264 valence electrons. The molecular weight excluding hydrogens is 655 g/mol. The number of pyridine rings is 1. The molecule has 15 nitrogen and oxygen atoms in total. The van der Waals surface area contributed by atoms with Gasteiger partial charge in [0.15, 0.2) is 12.6 Å². The number of fused-ring (bicyclic) bond motifs is 1. The molecule has 0 radical (unpaired) electrons. The van der Waals surface area contributed by atoms with Gasteiger partial charge < -0.3 is 72.2 Å². The van der Waals surface area contributed by atoms with E-state index in [0.29, 0.717) is 10.3 Å². The second-order valence-corrected chi connectivity index (χ2v) is 12.7. The van der Waals surface area contributed by atoms with Gasteiger partial charge in [0.25, 0.3) is 0 Å². The second-order valence-electron chi connectivity index (χ2n) is 11.7. The number of nitrogens with two attached hydrogens (primary N) is 4. The van der Waals surface area contributed by atoms with Gasteiger partial charge in [0.1, 0.15) is 48.8 Å². The monoisotopic (exact) mass is 695 g/mol. The minimum absolute atomic E-state index is 0.0627. The van der Waals surface area contributed by atoms with Crippen LogP contribution in [-0.4, -0.2) is 135 Å². The van der Waals surface area contributed by atoms with Crippen molar-refractivity contribution >= 4 is 22.7 Å². The van der Waals surface area contributed by atoms with Crippen LogP contribution in [0.15, 0.2) is 35.4 Å². The van der Waals surface area contributed by atoms with E-state index in [4.69, 9.17) is 46.6 Å². The first kappa shape index (κ1) is 36.5. The van der Waals surface area contributed by atoms with Crippen molar-refractivity contribution in [1.29, 1.82) is 0 Å². The first-order valence-electron chi connectivity index (χ1n) is 14.9. The molecule has 14 atom stereocenters. The van der Waals surface area contributed by atoms with Crippen LogP contribution in [0.2, 0.25) is 0 Å². The molecule has 3 fully saturated rings. The molecule has 1 saturated carbocycles. The van der Waals surface area contributed by atoms with Crippen molar-refractivity contribution in [1.82, 2.24) is 4.98 Å². The molecule has 0 bridgehead atoms. The van der Waals surface area contributed by atoms with Crippen LogP contribution < -0.4 is 22.9 Å². The highest BCUT2D eigenvalue weighted by atomic mass is 32.2. The topological polar surface area (TPSA) is 264 Å². The van der Waals surface area contributed by atoms with Gasteiger partial charge in [-0.2, -0.15) is 13.2 Å². The number of hydrogen-bond donors (Lipinski definition) is 9. The number of aromatic nitrogens is 1. The minimum atomic E-state index is -4.52. The third-order valence-electron chi connectivity index (χ3n) is 8.60. The molecule has 2 aromatic rings. The number of ether oxygens (including phenoxy) is 5. The summed E-state index contributed by atoms with van der Waals surface area (Å²) >= 11 is 1.16. The Morgan fingerprint density at radius 1 is 0.872 bits per heavy atom. The van der Waals surface area contributed by atoms with Crippen molar-refractivity contribution in [3.05, 3.63) is 36.0 Å². The number of alkyl halides is 3. The quantitative estimate of drug-likeness (QED) is 0.0934. The highest BCUT2D eigenvalue weighted by molar-refractivity contribution is 7.99. The van der Waals surface area contributed by atoms with Gasteiger partial charge in [0.05, 0.1) is 35.8 Å². The molecular formula is C28H40F3N5O10S. The van der Waals surface area contributed by atoms with Crippen LogP contribution >= 0.6 is 11.8 Å². The average Bonchev–Trinajstić information content (AvgIpc) is 3.33. The Labute approximate surface area is 271 Å². The van der Waals surface area contributed by atoms with E-state index in [9.17, 15) is 38.7 Å². The van der Waals surface area contributed by atoms with Gasteiger partial charge in [0, 0.05) is 35.1 Å². The maximum absolute atomic E-state index is 13.2. The van der Waals surface area contributed by atoms with E-state index in [-0.39, 0.29) is 24.4 Å². The minimum Gasteiger partial charge on any atom is -0.394 e. The van der Waals surface area contributed by atoms with Gasteiger partial charge in [-0.1, -0.05) is 17.8 Å². The van der Waals surface area contributed by atoms with Crippen molar-refractivity contribution in [2.45, 2.75) is 103 Å². The highest BCUT2D eigenvalue weighted by Crippen LogP contribution is 2.36. The van der Waals surface area contributed by atoms with Crippen LogP contribution in [0.4, 0.5) is 13.2 Å². The molecule has 0 amide bonds. The zero-order chi connectivity index (χ0) is 34.2. The fourth-order valence-corrected chi connectivity index (χ4v) is 6.80. The standard InChI is InChI=1S/C28H40F3N5O10S/c29-28(30,31)10-1-2-11-14(5-10)36-4-3-17(11)47-9-42-23-13(34)6-12(33)19(38)25(23)46-27-22(41)24(16(8-37)44-27)45-26-18(35)21(40)20(39)15(7-32)43-26/h1-5,12-13,15-16,18-27,37-41H,6-9,32-35H2/t12-,13+,15-,16-,18+,19+,20+,21+,22-,23-,24-,25-,26+,27+/m1/s1. The highest BCUT2D eigenvalue weighted by Gasteiger charge is 2.53. The Kier molecular flexibility index (Phi) is 11.6. The number of nitrogens with zero attached hydrogens (tertiary/aromatic N) is 1. The Balaban J connectivity index is 1.27. The molecule has 1 aliphatic carbocycles. The van der Waals surface area contributed by atoms with Crippen LogP contribution in [0.5, 0.6) is 0 Å². The lowest BCUT2D eigenvalue weighted by molar-refractivity contribution is -0.280. The first-order chi connectivity index (χ1) is 22.2. The lowest BCUT2D eigenvalue weighted by Gasteiger charge is -2.43. The molecule has 0 unspecified atom stereocenters. The van der Waals surface area contributed by atoms with Gasteiger partial charge in [-0.3, -0.25) is 4.98 Å². The Morgan fingerprint density at radius 2 is 1.57 bits per heavy atom. The number of aliphatic hydroxyl groups is 5. The Morgan fingerprint density at radius 3 is 2.26 bits per heavy atom. The molecule has 5 rings (SSSR count). The molecule has 2 saturated heterocycles. The van der Waals surface area contributed by atoms with Crippen LogP contribution in [0, 0.1) is 0 Å². The number of halogens is 3. The average molecular weight is 696 g/mol. The maximum Gasteiger partial charge on any atom is 0.416 e. The molecule has 1 aromatic heterocycles. The molecule has 2 aliphatic heterocycles. The molecule has 3 heterocycles. The molecule has 13 N–H and O–H groups in total. The van der Waals surface area contributed by atoms with Gasteiger partial charge in [-0.05, 0) is 24.6 Å². The van der Waals surface area contributed by atoms with Crippen LogP contribution in [0.3, 0.4) is 0 Å². The van der Waals surface area contributed by atoms with E-state index in [1.165, 1.54) is 12.3 Å². The van der Waals surface area contributed by atoms with E-state index in [1.807, 2.05) is 0 Å². The maximum atomic E-state index is 13.2. The van der Waals surface area contributed by atoms with Crippen molar-refractivity contribution in [3.63, 3.8) is 0 Å². The number of thioether (sulfide) groups is 1. The van der Waals surface area contributed by atoms with Crippen LogP contribution in [-0.2, 0) is 29.9 Å². The summed E-state index contributed by atoms with van der Waals surface area (Å²) in [6, 6.07) is 2.06. The fourth-order valence-electron chi connectivity index (χ4n) is 5.96. The summed E-state index contributed by atoms with van der Waals surface area (Å²) in [6.45, 7) is -0.804. The molecule has 0 spiro atoms. The predicted molar refractivity (Wildman–Crippen MR) is 158 cm³/mol. The lowest BCUT2D eigenvalue weighted by Crippen LogP contribution is -2.64. The van der Waals surface area contributed by atoms with E-state index < -0.39 is 104 Å². The van der Waals surface area contributed by atoms with Gasteiger partial charge in [-0.25, -0.2) is 0 Å². The van der Waals surface area contributed by atoms with Crippen molar-refractivity contribution in [2.24, 2.45) is 22.9 Å². The summed E-state index contributed by atoms with van der Waals surface area (Å²) in [7, 11) is 0. The second kappa shape index (κ2) is 15.0. The summed E-state index contributed by atoms with van der Waals surface area (Å²) in [4.78, 5) is 4.63. The number of benzene rings is 1. The van der Waals surface area contributed by atoms with E-state index in [1.54, 1.807) is 6.07 Å². The third kappa shape index (κ3) is 7.69. The Hall–Kier alpha value is -1.79. The van der Waals surface area contributed by atoms with Gasteiger partial charge in [-0.15, -0.1) is 0 Å². The number of aliphatic hydroxyl groups excluding tert-OH is 5. The third-order valence-corrected chi connectivity index (χ3v) is 9.53. The zero-order valence-electron chi connectivity index (χ0n) is 24.9. The van der Waals surface area contributed by atoms with Crippen molar-refractivity contribution < 1.29 is 62.4 Å². The van der Waals surface area contributed by atoms with Crippen LogP contribution in [0.1, 0.15) is 12.0 Å².